The molecule has 0 aliphatic rings. The molecule has 5 nitrogen and oxygen atoms in total. The minimum absolute atomic E-state index is 0.0525. The van der Waals surface area contributed by atoms with Gasteiger partial charge >= 0.3 is 0 Å². The number of carbonyl (C=O) groups is 1. The second kappa shape index (κ2) is 4.76. The summed E-state index contributed by atoms with van der Waals surface area (Å²) < 4.78 is 10.9. The molecular formula is C14H15NO4. The Morgan fingerprint density at radius 2 is 1.95 bits per heavy atom. The quantitative estimate of drug-likeness (QED) is 0.909. The van der Waals surface area contributed by atoms with E-state index in [-0.39, 0.29) is 12.0 Å². The van der Waals surface area contributed by atoms with Crippen LogP contribution >= 0.6 is 0 Å². The van der Waals surface area contributed by atoms with Gasteiger partial charge in [0.05, 0.1) is 5.39 Å². The van der Waals surface area contributed by atoms with Gasteiger partial charge in [0, 0.05) is 11.1 Å². The molecule has 2 N–H and O–H groups in total. The number of benzene rings is 1. The van der Waals surface area contributed by atoms with Gasteiger partial charge in [0.2, 0.25) is 0 Å². The molecular weight excluding hydrogens is 246 g/mol. The lowest BCUT2D eigenvalue weighted by Crippen LogP contribution is -2.20. The molecule has 1 amide bonds. The Hall–Kier alpha value is -2.30. The van der Waals surface area contributed by atoms with E-state index >= 15 is 0 Å². The number of amides is 1. The molecule has 0 saturated carbocycles. The van der Waals surface area contributed by atoms with Crippen LogP contribution in [0, 0.1) is 20.8 Å². The minimum atomic E-state index is -0.555. The van der Waals surface area contributed by atoms with Crippen LogP contribution in [0.25, 0.3) is 11.0 Å². The maximum Gasteiger partial charge on any atom is 0.255 e. The first-order chi connectivity index (χ1) is 8.91. The summed E-state index contributed by atoms with van der Waals surface area (Å²) in [6, 6.07) is 3.28. The molecule has 0 fully saturated rings. The van der Waals surface area contributed by atoms with E-state index in [9.17, 15) is 9.59 Å². The number of fused-ring (bicyclic) bond motifs is 1. The molecule has 0 aliphatic heterocycles. The molecule has 0 aliphatic carbocycles. The normalized spacial score (nSPS) is 10.7. The summed E-state index contributed by atoms with van der Waals surface area (Å²) in [7, 11) is 0. The maximum atomic E-state index is 12.1. The third-order valence-corrected chi connectivity index (χ3v) is 3.09. The molecule has 0 radical (unpaired) electrons. The predicted molar refractivity (Wildman–Crippen MR) is 71.4 cm³/mol. The Kier molecular flexibility index (Phi) is 3.29. The van der Waals surface area contributed by atoms with E-state index in [4.69, 9.17) is 14.9 Å². The molecule has 1 heterocycles. The number of hydrogen-bond acceptors (Lipinski definition) is 4. The van der Waals surface area contributed by atoms with Crippen molar-refractivity contribution in [3.05, 3.63) is 39.2 Å². The van der Waals surface area contributed by atoms with Crippen molar-refractivity contribution in [2.75, 3.05) is 6.61 Å². The highest BCUT2D eigenvalue weighted by molar-refractivity contribution is 5.83. The standard InChI is InChI=1S/C14H15NO4/c1-7-9(3)19-14-8(2)11(18-6-12(15)16)5-4-10(14)13(7)17/h4-5H,6H2,1-3H3,(H2,15,16). The van der Waals surface area contributed by atoms with E-state index in [0.717, 1.165) is 0 Å². The van der Waals surface area contributed by atoms with Gasteiger partial charge in [-0.3, -0.25) is 9.59 Å². The lowest BCUT2D eigenvalue weighted by Gasteiger charge is -2.10. The fraction of sp³-hybridized carbons (Fsp3) is 0.286. The average Bonchev–Trinajstić information content (AvgIpc) is 2.36. The number of aryl methyl sites for hydroxylation is 2. The first-order valence-corrected chi connectivity index (χ1v) is 5.86. The van der Waals surface area contributed by atoms with Gasteiger partial charge in [-0.1, -0.05) is 0 Å². The maximum absolute atomic E-state index is 12.1. The van der Waals surface area contributed by atoms with E-state index in [1.807, 2.05) is 0 Å². The first-order valence-electron chi connectivity index (χ1n) is 5.86. The number of nitrogens with two attached hydrogens (primary N) is 1. The summed E-state index contributed by atoms with van der Waals surface area (Å²) in [5, 5.41) is 0.507. The van der Waals surface area contributed by atoms with E-state index in [1.165, 1.54) is 0 Å². The van der Waals surface area contributed by atoms with E-state index in [0.29, 0.717) is 33.6 Å². The summed E-state index contributed by atoms with van der Waals surface area (Å²) in [4.78, 5) is 22.8. The van der Waals surface area contributed by atoms with Crippen molar-refractivity contribution in [1.29, 1.82) is 0 Å². The molecule has 0 unspecified atom stereocenters. The van der Waals surface area contributed by atoms with Crippen LogP contribution in [0.3, 0.4) is 0 Å². The van der Waals surface area contributed by atoms with Gasteiger partial charge in [-0.05, 0) is 32.9 Å². The van der Waals surface area contributed by atoms with Crippen molar-refractivity contribution in [3.8, 4) is 5.75 Å². The Morgan fingerprint density at radius 3 is 2.58 bits per heavy atom. The summed E-state index contributed by atoms with van der Waals surface area (Å²) in [6.45, 7) is 5.04. The van der Waals surface area contributed by atoms with E-state index < -0.39 is 5.91 Å². The molecule has 2 aromatic rings. The van der Waals surface area contributed by atoms with Crippen LogP contribution in [0.4, 0.5) is 0 Å². The molecule has 5 heteroatoms. The monoisotopic (exact) mass is 261 g/mol. The Balaban J connectivity index is 2.62. The van der Waals surface area contributed by atoms with Crippen LogP contribution in [-0.2, 0) is 4.79 Å². The van der Waals surface area contributed by atoms with Gasteiger partial charge in [0.15, 0.2) is 12.0 Å². The largest absolute Gasteiger partial charge is 0.483 e. The van der Waals surface area contributed by atoms with Crippen molar-refractivity contribution < 1.29 is 13.9 Å². The third kappa shape index (κ3) is 2.31. The lowest BCUT2D eigenvalue weighted by atomic mass is 10.1. The van der Waals surface area contributed by atoms with Crippen molar-refractivity contribution in [3.63, 3.8) is 0 Å². The van der Waals surface area contributed by atoms with Gasteiger partial charge in [-0.25, -0.2) is 0 Å². The topological polar surface area (TPSA) is 82.5 Å². The second-order valence-corrected chi connectivity index (χ2v) is 4.43. The second-order valence-electron chi connectivity index (χ2n) is 4.43. The van der Waals surface area contributed by atoms with Crippen molar-refractivity contribution >= 4 is 16.9 Å². The molecule has 100 valence electrons. The van der Waals surface area contributed by atoms with Crippen LogP contribution in [0.15, 0.2) is 21.3 Å². The smallest absolute Gasteiger partial charge is 0.255 e. The van der Waals surface area contributed by atoms with Crippen LogP contribution in [0.5, 0.6) is 5.75 Å². The zero-order valence-corrected chi connectivity index (χ0v) is 11.1. The SMILES string of the molecule is Cc1oc2c(C)c(OCC(N)=O)ccc2c(=O)c1C. The summed E-state index contributed by atoms with van der Waals surface area (Å²) in [6.07, 6.45) is 0. The molecule has 0 saturated heterocycles. The van der Waals surface area contributed by atoms with Crippen LogP contribution < -0.4 is 15.9 Å². The molecule has 0 atom stereocenters. The van der Waals surface area contributed by atoms with E-state index in [1.54, 1.807) is 32.9 Å². The molecule has 19 heavy (non-hydrogen) atoms. The van der Waals surface area contributed by atoms with Crippen LogP contribution in [-0.4, -0.2) is 12.5 Å². The molecule has 0 bridgehead atoms. The number of primary amides is 1. The van der Waals surface area contributed by atoms with Gasteiger partial charge in [0.1, 0.15) is 17.1 Å². The van der Waals surface area contributed by atoms with Crippen molar-refractivity contribution in [2.24, 2.45) is 5.73 Å². The Bertz CT molecular complexity index is 715. The fourth-order valence-corrected chi connectivity index (χ4v) is 1.88. The van der Waals surface area contributed by atoms with Crippen molar-refractivity contribution in [1.82, 2.24) is 0 Å². The Morgan fingerprint density at radius 1 is 1.26 bits per heavy atom. The van der Waals surface area contributed by atoms with Crippen molar-refractivity contribution in [2.45, 2.75) is 20.8 Å². The van der Waals surface area contributed by atoms with E-state index in [2.05, 4.69) is 0 Å². The van der Waals surface area contributed by atoms with Crippen LogP contribution in [0.1, 0.15) is 16.9 Å². The van der Waals surface area contributed by atoms with Gasteiger partial charge in [-0.2, -0.15) is 0 Å². The minimum Gasteiger partial charge on any atom is -0.483 e. The van der Waals surface area contributed by atoms with Crippen LogP contribution in [0.2, 0.25) is 0 Å². The van der Waals surface area contributed by atoms with Gasteiger partial charge in [0.25, 0.3) is 5.91 Å². The molecule has 1 aromatic heterocycles. The molecule has 1 aromatic carbocycles. The number of hydrogen-bond donors (Lipinski definition) is 1. The highest BCUT2D eigenvalue weighted by Crippen LogP contribution is 2.27. The first kappa shape index (κ1) is 13.1. The molecule has 2 rings (SSSR count). The fourth-order valence-electron chi connectivity index (χ4n) is 1.88. The van der Waals surface area contributed by atoms with Gasteiger partial charge < -0.3 is 14.9 Å². The summed E-state index contributed by atoms with van der Waals surface area (Å²) in [5.74, 6) is 0.506. The highest BCUT2D eigenvalue weighted by Gasteiger charge is 2.13. The zero-order chi connectivity index (χ0) is 14.2. The molecule has 0 spiro atoms. The van der Waals surface area contributed by atoms with Gasteiger partial charge in [-0.15, -0.1) is 0 Å². The number of rotatable bonds is 3. The summed E-state index contributed by atoms with van der Waals surface area (Å²) >= 11 is 0. The third-order valence-electron chi connectivity index (χ3n) is 3.09. The Labute approximate surface area is 110 Å². The summed E-state index contributed by atoms with van der Waals surface area (Å²) in [5.41, 5.74) is 6.74. The number of ether oxygens (including phenoxy) is 1. The highest BCUT2D eigenvalue weighted by atomic mass is 16.5. The lowest BCUT2D eigenvalue weighted by molar-refractivity contribution is -0.119. The zero-order valence-electron chi connectivity index (χ0n) is 11.1. The predicted octanol–water partition coefficient (Wildman–Crippen LogP) is 1.58. The number of carbonyl (C=O) groups excluding carboxylic acids is 1. The average molecular weight is 261 g/mol.